The molecular formula is C26H38N4O2S. The molecule has 2 aliphatic heterocycles. The number of likely N-dealkylation sites (tertiary alicyclic amines) is 1. The average molecular weight is 471 g/mol. The van der Waals surface area contributed by atoms with Gasteiger partial charge in [0.15, 0.2) is 0 Å². The highest BCUT2D eigenvalue weighted by atomic mass is 32.1. The van der Waals surface area contributed by atoms with Crippen molar-refractivity contribution in [2.24, 2.45) is 0 Å². The van der Waals surface area contributed by atoms with Gasteiger partial charge in [0.1, 0.15) is 11.2 Å². The SMILES string of the molecule is CCc1cc2c(cc3n2C[C@@](C)(C(=O)NC2CCCCCC2)N(CCN2CCCC2)C3=O)s1. The molecule has 0 spiro atoms. The van der Waals surface area contributed by atoms with E-state index >= 15 is 0 Å². The number of thiophene rings is 1. The lowest BCUT2D eigenvalue weighted by molar-refractivity contribution is -0.133. The number of aromatic nitrogens is 1. The van der Waals surface area contributed by atoms with Gasteiger partial charge < -0.3 is 19.7 Å². The molecule has 33 heavy (non-hydrogen) atoms. The van der Waals surface area contributed by atoms with Crippen molar-refractivity contribution in [1.82, 2.24) is 19.7 Å². The van der Waals surface area contributed by atoms with Gasteiger partial charge in [0.2, 0.25) is 5.91 Å². The Labute approximate surface area is 201 Å². The van der Waals surface area contributed by atoms with Crippen LogP contribution in [-0.2, 0) is 17.8 Å². The number of amides is 2. The Morgan fingerprint density at radius 3 is 2.52 bits per heavy atom. The molecule has 0 bridgehead atoms. The van der Waals surface area contributed by atoms with Gasteiger partial charge in [0.25, 0.3) is 5.91 Å². The molecule has 1 N–H and O–H groups in total. The number of hydrogen-bond donors (Lipinski definition) is 1. The normalized spacial score (nSPS) is 24.9. The predicted molar refractivity (Wildman–Crippen MR) is 134 cm³/mol. The van der Waals surface area contributed by atoms with Crippen LogP contribution in [-0.4, -0.2) is 63.9 Å². The highest BCUT2D eigenvalue weighted by Crippen LogP contribution is 2.36. The minimum absolute atomic E-state index is 0.000381. The third kappa shape index (κ3) is 4.34. The fraction of sp³-hybridized carbons (Fsp3) is 0.692. The van der Waals surface area contributed by atoms with Crippen LogP contribution in [0.5, 0.6) is 0 Å². The van der Waals surface area contributed by atoms with Gasteiger partial charge in [-0.15, -0.1) is 11.3 Å². The Hall–Kier alpha value is -1.86. The Morgan fingerprint density at radius 1 is 1.09 bits per heavy atom. The topological polar surface area (TPSA) is 57.6 Å². The van der Waals surface area contributed by atoms with Gasteiger partial charge in [-0.05, 0) is 64.3 Å². The van der Waals surface area contributed by atoms with Crippen molar-refractivity contribution < 1.29 is 9.59 Å². The van der Waals surface area contributed by atoms with Crippen LogP contribution in [0.1, 0.15) is 80.6 Å². The van der Waals surface area contributed by atoms with Crippen LogP contribution in [0.25, 0.3) is 10.2 Å². The number of carbonyl (C=O) groups excluding carboxylic acids is 2. The molecule has 3 aliphatic rings. The fourth-order valence-electron chi connectivity index (χ4n) is 5.93. The van der Waals surface area contributed by atoms with Crippen molar-refractivity contribution in [3.63, 3.8) is 0 Å². The van der Waals surface area contributed by atoms with E-state index in [1.807, 2.05) is 17.9 Å². The zero-order chi connectivity index (χ0) is 23.0. The summed E-state index contributed by atoms with van der Waals surface area (Å²) in [5, 5.41) is 3.38. The van der Waals surface area contributed by atoms with E-state index in [0.29, 0.717) is 13.1 Å². The van der Waals surface area contributed by atoms with Gasteiger partial charge in [0.05, 0.1) is 16.8 Å². The summed E-state index contributed by atoms with van der Waals surface area (Å²) in [4.78, 5) is 33.3. The molecule has 4 heterocycles. The third-order valence-electron chi connectivity index (χ3n) is 8.03. The van der Waals surface area contributed by atoms with Crippen molar-refractivity contribution >= 4 is 33.4 Å². The number of nitrogens with zero attached hydrogens (tertiary/aromatic N) is 3. The first-order valence-electron chi connectivity index (χ1n) is 13.0. The van der Waals surface area contributed by atoms with E-state index in [0.717, 1.165) is 54.8 Å². The van der Waals surface area contributed by atoms with Gasteiger partial charge in [-0.3, -0.25) is 9.59 Å². The van der Waals surface area contributed by atoms with E-state index in [-0.39, 0.29) is 17.9 Å². The molecule has 0 radical (unpaired) electrons. The highest BCUT2D eigenvalue weighted by molar-refractivity contribution is 7.19. The van der Waals surface area contributed by atoms with Gasteiger partial charge in [-0.2, -0.15) is 0 Å². The molecule has 2 aromatic rings. The molecule has 0 unspecified atom stereocenters. The first-order chi connectivity index (χ1) is 16.0. The van der Waals surface area contributed by atoms with Crippen LogP contribution in [0.15, 0.2) is 12.1 Å². The maximum Gasteiger partial charge on any atom is 0.271 e. The molecule has 5 rings (SSSR count). The maximum absolute atomic E-state index is 13.9. The molecule has 7 heteroatoms. The van der Waals surface area contributed by atoms with E-state index < -0.39 is 5.54 Å². The second-order valence-electron chi connectivity index (χ2n) is 10.4. The summed E-state index contributed by atoms with van der Waals surface area (Å²) in [5.74, 6) is 0.0167. The van der Waals surface area contributed by atoms with Crippen molar-refractivity contribution in [2.75, 3.05) is 26.2 Å². The largest absolute Gasteiger partial charge is 0.351 e. The minimum atomic E-state index is -0.879. The summed E-state index contributed by atoms with van der Waals surface area (Å²) in [7, 11) is 0. The zero-order valence-electron chi connectivity index (χ0n) is 20.2. The van der Waals surface area contributed by atoms with E-state index in [2.05, 4.69) is 27.8 Å². The van der Waals surface area contributed by atoms with E-state index in [9.17, 15) is 9.59 Å². The van der Waals surface area contributed by atoms with Gasteiger partial charge in [-0.25, -0.2) is 0 Å². The molecule has 2 fully saturated rings. The summed E-state index contributed by atoms with van der Waals surface area (Å²) in [6.07, 6.45) is 10.4. The summed E-state index contributed by atoms with van der Waals surface area (Å²) in [5.41, 5.74) is 0.962. The highest BCUT2D eigenvalue weighted by Gasteiger charge is 2.48. The van der Waals surface area contributed by atoms with Gasteiger partial charge in [-0.1, -0.05) is 32.6 Å². The number of hydrogen-bond acceptors (Lipinski definition) is 4. The molecule has 1 saturated heterocycles. The lowest BCUT2D eigenvalue weighted by Crippen LogP contribution is -2.65. The lowest BCUT2D eigenvalue weighted by atomic mass is 9.93. The molecular weight excluding hydrogens is 432 g/mol. The molecule has 2 amide bonds. The van der Waals surface area contributed by atoms with Crippen LogP contribution in [0.3, 0.4) is 0 Å². The van der Waals surface area contributed by atoms with E-state index in [1.165, 1.54) is 43.4 Å². The Morgan fingerprint density at radius 2 is 1.82 bits per heavy atom. The Kier molecular flexibility index (Phi) is 6.54. The van der Waals surface area contributed by atoms with Crippen LogP contribution >= 0.6 is 11.3 Å². The molecule has 6 nitrogen and oxygen atoms in total. The third-order valence-corrected chi connectivity index (χ3v) is 9.25. The molecule has 2 aromatic heterocycles. The Bertz CT molecular complexity index is 1010. The number of aryl methyl sites for hydroxylation is 1. The van der Waals surface area contributed by atoms with Crippen LogP contribution in [0.4, 0.5) is 0 Å². The monoisotopic (exact) mass is 470 g/mol. The molecule has 1 aliphatic carbocycles. The number of carbonyl (C=O) groups is 2. The maximum atomic E-state index is 13.9. The second kappa shape index (κ2) is 9.41. The smallest absolute Gasteiger partial charge is 0.271 e. The molecule has 0 aromatic carbocycles. The summed E-state index contributed by atoms with van der Waals surface area (Å²) < 4.78 is 3.27. The minimum Gasteiger partial charge on any atom is -0.351 e. The lowest BCUT2D eigenvalue weighted by Gasteiger charge is -2.45. The first-order valence-corrected chi connectivity index (χ1v) is 13.8. The number of nitrogens with one attached hydrogen (secondary N) is 1. The Balaban J connectivity index is 1.45. The predicted octanol–water partition coefficient (Wildman–Crippen LogP) is 4.41. The number of fused-ring (bicyclic) bond motifs is 3. The fourth-order valence-corrected chi connectivity index (χ4v) is 6.97. The average Bonchev–Trinajstić information content (AvgIpc) is 3.48. The van der Waals surface area contributed by atoms with E-state index in [1.54, 1.807) is 11.3 Å². The van der Waals surface area contributed by atoms with Crippen molar-refractivity contribution in [3.8, 4) is 0 Å². The molecule has 1 saturated carbocycles. The second-order valence-corrected chi connectivity index (χ2v) is 11.5. The van der Waals surface area contributed by atoms with Crippen molar-refractivity contribution in [1.29, 1.82) is 0 Å². The first kappa shape index (κ1) is 22.9. The van der Waals surface area contributed by atoms with Crippen LogP contribution < -0.4 is 5.32 Å². The summed E-state index contributed by atoms with van der Waals surface area (Å²) in [6, 6.07) is 4.49. The van der Waals surface area contributed by atoms with Gasteiger partial charge >= 0.3 is 0 Å². The van der Waals surface area contributed by atoms with E-state index in [4.69, 9.17) is 0 Å². The molecule has 180 valence electrons. The van der Waals surface area contributed by atoms with Crippen LogP contribution in [0.2, 0.25) is 0 Å². The van der Waals surface area contributed by atoms with Crippen molar-refractivity contribution in [3.05, 3.63) is 22.7 Å². The summed E-state index contributed by atoms with van der Waals surface area (Å²) in [6.45, 7) is 8.31. The number of rotatable bonds is 6. The zero-order valence-corrected chi connectivity index (χ0v) is 21.0. The van der Waals surface area contributed by atoms with Crippen LogP contribution in [0, 0.1) is 0 Å². The molecule has 1 atom stereocenters. The standard InChI is InChI=1S/C26H38N4O2S/c1-3-20-16-21-23(33-20)17-22-24(31)30(15-14-28-12-8-9-13-28)26(2,18-29(21)22)25(32)27-19-10-6-4-5-7-11-19/h16-17,19H,3-15,18H2,1-2H3,(H,27,32)/t26-/m0/s1. The summed E-state index contributed by atoms with van der Waals surface area (Å²) >= 11 is 1.77. The van der Waals surface area contributed by atoms with Crippen molar-refractivity contribution in [2.45, 2.75) is 89.8 Å². The van der Waals surface area contributed by atoms with Gasteiger partial charge in [0, 0.05) is 24.0 Å². The quantitative estimate of drug-likeness (QED) is 0.636.